The lowest BCUT2D eigenvalue weighted by Gasteiger charge is -2.12. The number of sulfone groups is 1. The third-order valence-corrected chi connectivity index (χ3v) is 20.3. The standard InChI is InChI=1S/C21H20ClN3O3S.C20H15ClF3N3O2.C20H17ClN2O3S.C19H16ClN3O3S/c1-14(2)29(27,28)25-16-8-6-15(7-9-16)21(26)24-17-10-11-19(22)18(13-17)20-5-3-4-12-23-20;1-11-14(3-5-18(26-11)20(22,23)24)19(29)27-13-2-4-16(21)15(9-13)17-8-12(10-28)6-7-25-17;1-27(25,26)13-14-5-7-15(8-6-14)20(24)23-16-9-10-18(21)17(12-16)19-4-2-3-11-22-19;1-27(25,26)23-14-7-5-13(6-8-14)19(24)22-15-9-10-17(20)16(12-15)18-4-2-3-11-21-18/h3-14,25H,1-2H3,(H,24,26);2-9,28H,10H2,1H3,(H,27,29);2-12H,13H2,1H3,(H,23,24);2-12,23H,1H3,(H,22,24). The number of aliphatic hydroxyl groups excluding tert-OH is 1. The highest BCUT2D eigenvalue weighted by atomic mass is 35.5. The number of nitrogens with one attached hydrogen (secondary N) is 6. The topological polar surface area (TPSA) is 328 Å². The highest BCUT2D eigenvalue weighted by molar-refractivity contribution is 7.93. The molecule has 22 nitrogen and oxygen atoms in total. The Balaban J connectivity index is 0.000000172. The van der Waals surface area contributed by atoms with Gasteiger partial charge in [0, 0.05) is 104 Å². The van der Waals surface area contributed by atoms with Crippen LogP contribution in [0, 0.1) is 6.92 Å². The Hall–Kier alpha value is -11.5. The van der Waals surface area contributed by atoms with Crippen LogP contribution in [0.4, 0.5) is 47.3 Å². The van der Waals surface area contributed by atoms with Crippen molar-refractivity contribution >= 4 is 134 Å². The van der Waals surface area contributed by atoms with Crippen molar-refractivity contribution in [1.29, 1.82) is 0 Å². The van der Waals surface area contributed by atoms with Gasteiger partial charge in [-0.15, -0.1) is 0 Å². The van der Waals surface area contributed by atoms with E-state index in [1.165, 1.54) is 31.5 Å². The number of aryl methyl sites for hydroxylation is 1. The summed E-state index contributed by atoms with van der Waals surface area (Å²) in [6.07, 6.45) is 4.20. The van der Waals surface area contributed by atoms with Gasteiger partial charge < -0.3 is 26.4 Å². The average molecular weight is 1650 g/mol. The summed E-state index contributed by atoms with van der Waals surface area (Å²) >= 11 is 25.0. The van der Waals surface area contributed by atoms with Gasteiger partial charge in [0.2, 0.25) is 20.0 Å². The average Bonchev–Trinajstić information content (AvgIpc) is 0.820. The fourth-order valence-electron chi connectivity index (χ4n) is 10.2. The first-order chi connectivity index (χ1) is 53.1. The number of aromatic nitrogens is 5. The molecule has 0 saturated heterocycles. The van der Waals surface area contributed by atoms with Gasteiger partial charge in [-0.1, -0.05) is 76.7 Å². The lowest BCUT2D eigenvalue weighted by molar-refractivity contribution is -0.141. The Labute approximate surface area is 664 Å². The van der Waals surface area contributed by atoms with E-state index >= 15 is 0 Å². The lowest BCUT2D eigenvalue weighted by Crippen LogP contribution is -2.22. The highest BCUT2D eigenvalue weighted by Gasteiger charge is 2.33. The number of alkyl halides is 3. The fraction of sp³-hybridized carbons (Fsp3) is 0.113. The van der Waals surface area contributed by atoms with Gasteiger partial charge in [-0.3, -0.25) is 48.6 Å². The van der Waals surface area contributed by atoms with E-state index in [0.29, 0.717) is 121 Å². The van der Waals surface area contributed by atoms with Crippen molar-refractivity contribution in [1.82, 2.24) is 24.9 Å². The molecule has 12 rings (SSSR count). The van der Waals surface area contributed by atoms with Crippen LogP contribution in [0.15, 0.2) is 249 Å². The third-order valence-electron chi connectivity index (χ3n) is 15.7. The molecule has 576 valence electrons. The monoisotopic (exact) mass is 1650 g/mol. The molecule has 7 N–H and O–H groups in total. The molecule has 0 bridgehead atoms. The molecule has 32 heteroatoms. The molecule has 12 aromatic rings. The van der Waals surface area contributed by atoms with Crippen LogP contribution in [-0.4, -0.2) is 96.7 Å². The predicted molar refractivity (Wildman–Crippen MR) is 434 cm³/mol. The van der Waals surface area contributed by atoms with Gasteiger partial charge in [0.1, 0.15) is 5.69 Å². The maximum atomic E-state index is 12.7. The number of sulfonamides is 2. The molecule has 112 heavy (non-hydrogen) atoms. The minimum atomic E-state index is -4.58. The number of carbonyl (C=O) groups excluding carboxylic acids is 4. The number of carbonyl (C=O) groups is 4. The number of hydrogen-bond acceptors (Lipinski definition) is 16. The minimum Gasteiger partial charge on any atom is -0.392 e. The Morgan fingerprint density at radius 1 is 0.420 bits per heavy atom. The van der Waals surface area contributed by atoms with Crippen LogP contribution in [-0.2, 0) is 48.4 Å². The van der Waals surface area contributed by atoms with Gasteiger partial charge in [-0.2, -0.15) is 13.2 Å². The normalized spacial score (nSPS) is 11.2. The van der Waals surface area contributed by atoms with Crippen LogP contribution < -0.4 is 30.7 Å². The van der Waals surface area contributed by atoms with Gasteiger partial charge in [0.05, 0.1) is 78.0 Å². The second-order valence-corrected chi connectivity index (χ2v) is 32.5. The Morgan fingerprint density at radius 2 is 0.777 bits per heavy atom. The van der Waals surface area contributed by atoms with E-state index in [4.69, 9.17) is 46.4 Å². The first kappa shape index (κ1) is 84.5. The molecule has 7 aromatic carbocycles. The quantitative estimate of drug-likeness (QED) is 0.0373. The van der Waals surface area contributed by atoms with E-state index < -0.39 is 52.9 Å². The third kappa shape index (κ3) is 24.8. The molecule has 0 spiro atoms. The fourth-order valence-corrected chi connectivity index (χ4v) is 13.1. The van der Waals surface area contributed by atoms with E-state index in [1.807, 2.05) is 54.6 Å². The van der Waals surface area contributed by atoms with Gasteiger partial charge in [-0.05, 0) is 226 Å². The molecule has 0 saturated carbocycles. The molecular formula is C80H68Cl4F3N11O11S3. The molecule has 0 unspecified atom stereocenters. The van der Waals surface area contributed by atoms with Crippen LogP contribution in [0.5, 0.6) is 0 Å². The number of anilines is 6. The highest BCUT2D eigenvalue weighted by Crippen LogP contribution is 2.35. The van der Waals surface area contributed by atoms with E-state index in [9.17, 15) is 62.7 Å². The van der Waals surface area contributed by atoms with E-state index in [0.717, 1.165) is 24.0 Å². The van der Waals surface area contributed by atoms with Gasteiger partial charge in [0.15, 0.2) is 9.84 Å². The second-order valence-electron chi connectivity index (χ2n) is 24.8. The number of nitrogens with zero attached hydrogens (tertiary/aromatic N) is 5. The summed E-state index contributed by atoms with van der Waals surface area (Å²) in [5.41, 5.74) is 9.63. The van der Waals surface area contributed by atoms with Gasteiger partial charge >= 0.3 is 6.18 Å². The molecule has 0 atom stereocenters. The zero-order valence-electron chi connectivity index (χ0n) is 59.8. The molecule has 0 radical (unpaired) electrons. The van der Waals surface area contributed by atoms with Crippen molar-refractivity contribution in [2.75, 3.05) is 43.2 Å². The molecule has 0 aliphatic rings. The summed E-state index contributed by atoms with van der Waals surface area (Å²) < 4.78 is 112. The molecule has 0 aliphatic heterocycles. The van der Waals surface area contributed by atoms with Crippen LogP contribution in [0.25, 0.3) is 45.0 Å². The summed E-state index contributed by atoms with van der Waals surface area (Å²) in [5.74, 6) is -1.60. The summed E-state index contributed by atoms with van der Waals surface area (Å²) in [6.45, 7) is 4.36. The van der Waals surface area contributed by atoms with Crippen molar-refractivity contribution in [3.8, 4) is 45.0 Å². The number of benzene rings is 7. The number of aliphatic hydroxyl groups is 1. The molecule has 4 amide bonds. The lowest BCUT2D eigenvalue weighted by atomic mass is 10.1. The molecular weight excluding hydrogens is 1590 g/mol. The number of halogens is 7. The van der Waals surface area contributed by atoms with Crippen molar-refractivity contribution in [2.24, 2.45) is 0 Å². The Morgan fingerprint density at radius 3 is 1.12 bits per heavy atom. The minimum absolute atomic E-state index is 0.0231. The molecule has 5 aromatic heterocycles. The van der Waals surface area contributed by atoms with Crippen LogP contribution in [0.3, 0.4) is 0 Å². The van der Waals surface area contributed by atoms with Crippen molar-refractivity contribution < 1.29 is 62.7 Å². The van der Waals surface area contributed by atoms with Crippen molar-refractivity contribution in [3.05, 3.63) is 314 Å². The predicted octanol–water partition coefficient (Wildman–Crippen LogP) is 17.9. The first-order valence-corrected chi connectivity index (χ1v) is 40.3. The number of pyridine rings is 5. The van der Waals surface area contributed by atoms with Gasteiger partial charge in [0.25, 0.3) is 23.6 Å². The van der Waals surface area contributed by atoms with Crippen LogP contribution in [0.1, 0.15) is 77.8 Å². The summed E-state index contributed by atoms with van der Waals surface area (Å²) in [6, 6.07) is 60.7. The SMILES string of the molecule is CC(C)S(=O)(=O)Nc1ccc(C(=O)Nc2ccc(Cl)c(-c3ccccn3)c2)cc1.CS(=O)(=O)Cc1ccc(C(=O)Nc2ccc(Cl)c(-c3ccccn3)c2)cc1.CS(=O)(=O)Nc1ccc(C(=O)Nc2ccc(Cl)c(-c3ccccn3)c2)cc1.Cc1nc(C(F)(F)F)ccc1C(=O)Nc1ccc(Cl)c(-c2cc(CO)ccn2)c1. The Bertz CT molecular complexity index is 5560. The molecule has 5 heterocycles. The zero-order valence-corrected chi connectivity index (χ0v) is 65.3. The second kappa shape index (κ2) is 38.0. The van der Waals surface area contributed by atoms with E-state index in [-0.39, 0.29) is 41.3 Å². The zero-order chi connectivity index (χ0) is 81.1. The van der Waals surface area contributed by atoms with Crippen molar-refractivity contribution in [3.63, 3.8) is 0 Å². The van der Waals surface area contributed by atoms with Gasteiger partial charge in [-0.25, -0.2) is 30.2 Å². The van der Waals surface area contributed by atoms with Crippen molar-refractivity contribution in [2.45, 2.75) is 44.6 Å². The van der Waals surface area contributed by atoms with E-state index in [1.54, 1.807) is 178 Å². The summed E-state index contributed by atoms with van der Waals surface area (Å²) in [4.78, 5) is 70.5. The van der Waals surface area contributed by atoms with E-state index in [2.05, 4.69) is 55.6 Å². The maximum absolute atomic E-state index is 12.7. The smallest absolute Gasteiger partial charge is 0.392 e. The summed E-state index contributed by atoms with van der Waals surface area (Å²) in [7, 11) is -9.91. The first-order valence-electron chi connectivity index (χ1n) is 33.3. The number of amides is 4. The van der Waals surface area contributed by atoms with Crippen LogP contribution in [0.2, 0.25) is 20.1 Å². The molecule has 0 fully saturated rings. The number of rotatable bonds is 20. The number of hydrogen-bond donors (Lipinski definition) is 7. The maximum Gasteiger partial charge on any atom is 0.433 e. The summed E-state index contributed by atoms with van der Waals surface area (Å²) in [5, 5.41) is 21.8. The largest absolute Gasteiger partial charge is 0.433 e. The van der Waals surface area contributed by atoms with Crippen LogP contribution >= 0.6 is 46.4 Å². The Kier molecular flexibility index (Phi) is 28.7. The molecule has 0 aliphatic carbocycles.